The average molecular weight is 400 g/mol. The summed E-state index contributed by atoms with van der Waals surface area (Å²) in [7, 11) is -4.57. The Balaban J connectivity index is 1.73. The highest BCUT2D eigenvalue weighted by molar-refractivity contribution is 7.89. The lowest BCUT2D eigenvalue weighted by Gasteiger charge is -2.09. The number of aryl methyl sites for hydroxylation is 2. The number of benzene rings is 1. The molecule has 1 aromatic heterocycles. The second-order valence-corrected chi connectivity index (χ2v) is 8.84. The van der Waals surface area contributed by atoms with Crippen LogP contribution in [0.5, 0.6) is 0 Å². The molecular weight excluding hydrogens is 382 g/mol. The summed E-state index contributed by atoms with van der Waals surface area (Å²) in [6.45, 7) is 0. The van der Waals surface area contributed by atoms with Crippen molar-refractivity contribution in [2.75, 3.05) is 0 Å². The Hall–Kier alpha value is -1.84. The van der Waals surface area contributed by atoms with Crippen molar-refractivity contribution in [2.24, 2.45) is 0 Å². The minimum Gasteiger partial charge on any atom is -0.273 e. The first-order valence-electron chi connectivity index (χ1n) is 8.26. The monoisotopic (exact) mass is 400 g/mol. The SMILES string of the molecule is O=C(NNS(=O)(=O)c1c(F)cccc1F)c1cc2c(s1)CCCCCC2. The van der Waals surface area contributed by atoms with Crippen LogP contribution < -0.4 is 10.3 Å². The predicted molar refractivity (Wildman–Crippen MR) is 94.3 cm³/mol. The number of rotatable bonds is 4. The molecule has 2 aromatic rings. The lowest BCUT2D eigenvalue weighted by atomic mass is 10.00. The molecule has 0 spiro atoms. The topological polar surface area (TPSA) is 75.3 Å². The maximum absolute atomic E-state index is 13.7. The largest absolute Gasteiger partial charge is 0.276 e. The number of hydrazine groups is 1. The number of fused-ring (bicyclic) bond motifs is 1. The number of hydrogen-bond donors (Lipinski definition) is 2. The van der Waals surface area contributed by atoms with E-state index in [-0.39, 0.29) is 0 Å². The molecule has 0 saturated heterocycles. The minimum atomic E-state index is -4.57. The molecule has 0 atom stereocenters. The number of nitrogens with one attached hydrogen (secondary N) is 2. The Labute approximate surface area is 154 Å². The molecule has 0 saturated carbocycles. The van der Waals surface area contributed by atoms with Crippen LogP contribution in [-0.2, 0) is 22.9 Å². The number of hydrogen-bond acceptors (Lipinski definition) is 4. The summed E-state index contributed by atoms with van der Waals surface area (Å²) in [5, 5.41) is 0. The van der Waals surface area contributed by atoms with Gasteiger partial charge in [0.05, 0.1) is 4.88 Å². The first kappa shape index (κ1) is 18.9. The Morgan fingerprint density at radius 1 is 1.04 bits per heavy atom. The molecule has 26 heavy (non-hydrogen) atoms. The third-order valence-electron chi connectivity index (χ3n) is 4.21. The molecule has 9 heteroatoms. The summed E-state index contributed by atoms with van der Waals surface area (Å²) in [6, 6.07) is 4.49. The van der Waals surface area contributed by atoms with Crippen LogP contribution in [0.15, 0.2) is 29.2 Å². The zero-order chi connectivity index (χ0) is 18.7. The van der Waals surface area contributed by atoms with E-state index in [4.69, 9.17) is 0 Å². The number of amides is 1. The van der Waals surface area contributed by atoms with E-state index in [1.165, 1.54) is 11.3 Å². The summed E-state index contributed by atoms with van der Waals surface area (Å²) < 4.78 is 51.5. The van der Waals surface area contributed by atoms with E-state index >= 15 is 0 Å². The van der Waals surface area contributed by atoms with Crippen molar-refractivity contribution in [1.82, 2.24) is 10.3 Å². The van der Waals surface area contributed by atoms with Gasteiger partial charge in [-0.3, -0.25) is 10.2 Å². The van der Waals surface area contributed by atoms with Gasteiger partial charge in [0.2, 0.25) is 0 Å². The van der Waals surface area contributed by atoms with Gasteiger partial charge in [-0.1, -0.05) is 18.9 Å². The second kappa shape index (κ2) is 7.81. The van der Waals surface area contributed by atoms with Gasteiger partial charge in [-0.05, 0) is 49.4 Å². The van der Waals surface area contributed by atoms with E-state index < -0.39 is 32.5 Å². The molecule has 1 aliphatic rings. The van der Waals surface area contributed by atoms with Gasteiger partial charge in [-0.25, -0.2) is 17.2 Å². The third-order valence-corrected chi connectivity index (χ3v) is 6.74. The molecule has 5 nitrogen and oxygen atoms in total. The Morgan fingerprint density at radius 3 is 2.38 bits per heavy atom. The highest BCUT2D eigenvalue weighted by atomic mass is 32.2. The third kappa shape index (κ3) is 4.11. The molecule has 1 aliphatic carbocycles. The Kier molecular flexibility index (Phi) is 5.69. The normalized spacial score (nSPS) is 15.0. The van der Waals surface area contributed by atoms with Crippen LogP contribution in [-0.4, -0.2) is 14.3 Å². The van der Waals surface area contributed by atoms with Crippen LogP contribution in [0.3, 0.4) is 0 Å². The number of carbonyl (C=O) groups excluding carboxylic acids is 1. The summed E-state index contributed by atoms with van der Waals surface area (Å²) in [6.07, 6.45) is 6.24. The first-order valence-corrected chi connectivity index (χ1v) is 10.6. The predicted octanol–water partition coefficient (Wildman–Crippen LogP) is 3.31. The summed E-state index contributed by atoms with van der Waals surface area (Å²) in [4.78, 5) is 14.4. The van der Waals surface area contributed by atoms with Gasteiger partial charge >= 0.3 is 0 Å². The zero-order valence-corrected chi connectivity index (χ0v) is 15.5. The van der Waals surface area contributed by atoms with Crippen molar-refractivity contribution in [3.05, 3.63) is 51.2 Å². The molecule has 3 rings (SSSR count). The fourth-order valence-corrected chi connectivity index (χ4v) is 5.05. The van der Waals surface area contributed by atoms with E-state index in [0.29, 0.717) is 4.88 Å². The quantitative estimate of drug-likeness (QED) is 0.774. The summed E-state index contributed by atoms with van der Waals surface area (Å²) >= 11 is 1.32. The molecule has 1 heterocycles. The van der Waals surface area contributed by atoms with Crippen molar-refractivity contribution in [3.8, 4) is 0 Å². The van der Waals surface area contributed by atoms with Crippen LogP contribution in [0.2, 0.25) is 0 Å². The van der Waals surface area contributed by atoms with Gasteiger partial charge in [-0.2, -0.15) is 0 Å². The summed E-state index contributed by atoms with van der Waals surface area (Å²) in [5.41, 5.74) is 3.15. The molecular formula is C17H18F2N2O3S2. The maximum atomic E-state index is 13.7. The van der Waals surface area contributed by atoms with E-state index in [1.807, 2.05) is 5.43 Å². The zero-order valence-electron chi connectivity index (χ0n) is 13.8. The molecule has 0 aliphatic heterocycles. The highest BCUT2D eigenvalue weighted by Crippen LogP contribution is 2.28. The number of thiophene rings is 1. The van der Waals surface area contributed by atoms with Crippen LogP contribution in [0, 0.1) is 11.6 Å². The van der Waals surface area contributed by atoms with Gasteiger partial charge in [0.1, 0.15) is 11.6 Å². The smallest absolute Gasteiger partial charge is 0.273 e. The molecule has 0 bridgehead atoms. The van der Waals surface area contributed by atoms with Crippen molar-refractivity contribution in [1.29, 1.82) is 0 Å². The second-order valence-electron chi connectivity index (χ2n) is 6.08. The van der Waals surface area contributed by atoms with Crippen LogP contribution in [0.1, 0.15) is 45.8 Å². The highest BCUT2D eigenvalue weighted by Gasteiger charge is 2.25. The lowest BCUT2D eigenvalue weighted by molar-refractivity contribution is 0.0949. The molecule has 1 aromatic carbocycles. The molecule has 0 unspecified atom stereocenters. The fourth-order valence-electron chi connectivity index (χ4n) is 2.92. The molecule has 140 valence electrons. The standard InChI is InChI=1S/C17H18F2N2O3S2/c18-12-7-5-8-13(19)16(12)26(23,24)21-20-17(22)15-10-11-6-3-1-2-4-9-14(11)25-15/h5,7-8,10,21H,1-4,6,9H2,(H,20,22). The van der Waals surface area contributed by atoms with Crippen LogP contribution in [0.25, 0.3) is 0 Å². The van der Waals surface area contributed by atoms with E-state index in [2.05, 4.69) is 0 Å². The maximum Gasteiger partial charge on any atom is 0.276 e. The van der Waals surface area contributed by atoms with Crippen molar-refractivity contribution in [3.63, 3.8) is 0 Å². The van der Waals surface area contributed by atoms with Gasteiger partial charge in [-0.15, -0.1) is 16.2 Å². The molecule has 1 amide bonds. The van der Waals surface area contributed by atoms with Crippen LogP contribution >= 0.6 is 11.3 Å². The Morgan fingerprint density at radius 2 is 1.69 bits per heavy atom. The van der Waals surface area contributed by atoms with E-state index in [9.17, 15) is 22.0 Å². The average Bonchev–Trinajstić information content (AvgIpc) is 2.94. The number of halogens is 2. The van der Waals surface area contributed by atoms with Gasteiger partial charge in [0.15, 0.2) is 4.90 Å². The lowest BCUT2D eigenvalue weighted by Crippen LogP contribution is -2.41. The van der Waals surface area contributed by atoms with E-state index in [1.54, 1.807) is 10.9 Å². The van der Waals surface area contributed by atoms with Crippen LogP contribution in [0.4, 0.5) is 8.78 Å². The van der Waals surface area contributed by atoms with Gasteiger partial charge in [0.25, 0.3) is 15.9 Å². The first-order chi connectivity index (χ1) is 12.4. The van der Waals surface area contributed by atoms with E-state index in [0.717, 1.165) is 67.2 Å². The molecule has 0 radical (unpaired) electrons. The van der Waals surface area contributed by atoms with Crippen molar-refractivity contribution in [2.45, 2.75) is 43.4 Å². The molecule has 0 fully saturated rings. The fraction of sp³-hybridized carbons (Fsp3) is 0.353. The van der Waals surface area contributed by atoms with Gasteiger partial charge in [0, 0.05) is 4.88 Å². The minimum absolute atomic E-state index is 0.369. The molecule has 2 N–H and O–H groups in total. The summed E-state index contributed by atoms with van der Waals surface area (Å²) in [5.74, 6) is -3.11. The Bertz CT molecular complexity index is 880. The van der Waals surface area contributed by atoms with Gasteiger partial charge < -0.3 is 0 Å². The van der Waals surface area contributed by atoms with Crippen molar-refractivity contribution < 1.29 is 22.0 Å². The van der Waals surface area contributed by atoms with Crippen molar-refractivity contribution >= 4 is 27.3 Å². The number of sulfonamides is 1. The number of carbonyl (C=O) groups is 1.